The number of Topliss-reactive ketones (excluding diaryl/α,β-unsaturated/α-hetero) is 2. The van der Waals surface area contributed by atoms with Crippen LogP contribution in [0.1, 0.15) is 25.7 Å². The monoisotopic (exact) mass is 284 g/mol. The largest absolute Gasteiger partial charge is 0.356 e. The maximum atomic E-state index is 11.8. The van der Waals surface area contributed by atoms with Crippen LogP contribution in [0.25, 0.3) is 0 Å². The number of rotatable bonds is 6. The summed E-state index contributed by atoms with van der Waals surface area (Å²) in [6.45, 7) is 7.81. The van der Waals surface area contributed by atoms with Gasteiger partial charge >= 0.3 is 0 Å². The number of hydrogen-bond donors (Lipinski definition) is 0. The number of ketones is 2. The Morgan fingerprint density at radius 1 is 1.21 bits per heavy atom. The second-order valence-electron chi connectivity index (χ2n) is 7.04. The minimum absolute atomic E-state index is 0.0598. The Morgan fingerprint density at radius 3 is 2.37 bits per heavy atom. The highest BCUT2D eigenvalue weighted by molar-refractivity contribution is 6.76. The summed E-state index contributed by atoms with van der Waals surface area (Å²) >= 11 is 0. The van der Waals surface area contributed by atoms with Gasteiger partial charge in [0.25, 0.3) is 0 Å². The first-order valence-electron chi connectivity index (χ1n) is 7.09. The van der Waals surface area contributed by atoms with Gasteiger partial charge in [0.05, 0.1) is 11.5 Å². The van der Waals surface area contributed by atoms with Crippen LogP contribution in [0.5, 0.6) is 0 Å². The Bertz CT molecular complexity index is 354. The summed E-state index contributed by atoms with van der Waals surface area (Å²) in [5.41, 5.74) is -0.553. The van der Waals surface area contributed by atoms with Crippen LogP contribution in [-0.2, 0) is 19.1 Å². The molecule has 0 aromatic rings. The van der Waals surface area contributed by atoms with Crippen LogP contribution in [0.15, 0.2) is 0 Å². The van der Waals surface area contributed by atoms with E-state index < -0.39 is 13.7 Å². The van der Waals surface area contributed by atoms with E-state index in [0.29, 0.717) is 25.9 Å². The van der Waals surface area contributed by atoms with Crippen molar-refractivity contribution in [2.75, 3.05) is 13.4 Å². The van der Waals surface area contributed by atoms with E-state index in [4.69, 9.17) is 9.47 Å². The Kier molecular flexibility index (Phi) is 4.28. The van der Waals surface area contributed by atoms with Crippen molar-refractivity contribution >= 4 is 19.6 Å². The molecular formula is C14H24O4Si. The molecule has 0 amide bonds. The van der Waals surface area contributed by atoms with E-state index in [0.717, 1.165) is 12.5 Å². The van der Waals surface area contributed by atoms with Crippen LogP contribution in [0.3, 0.4) is 0 Å². The molecule has 0 aromatic carbocycles. The lowest BCUT2D eigenvalue weighted by Crippen LogP contribution is -2.52. The van der Waals surface area contributed by atoms with Crippen LogP contribution in [0.4, 0.5) is 0 Å². The topological polar surface area (TPSA) is 52.6 Å². The molecule has 3 rings (SSSR count). The first kappa shape index (κ1) is 14.9. The van der Waals surface area contributed by atoms with E-state index in [2.05, 4.69) is 19.6 Å². The van der Waals surface area contributed by atoms with Gasteiger partial charge in [0.15, 0.2) is 0 Å². The fourth-order valence-corrected chi connectivity index (χ4v) is 3.56. The van der Waals surface area contributed by atoms with E-state index in [9.17, 15) is 9.59 Å². The molecule has 0 heterocycles. The van der Waals surface area contributed by atoms with Gasteiger partial charge in [0.1, 0.15) is 18.4 Å². The molecule has 0 spiro atoms. The van der Waals surface area contributed by atoms with Gasteiger partial charge in [0.2, 0.25) is 0 Å². The molecule has 0 N–H and O–H groups in total. The third-order valence-corrected chi connectivity index (χ3v) is 5.81. The fourth-order valence-electron chi connectivity index (χ4n) is 2.81. The third kappa shape index (κ3) is 3.74. The summed E-state index contributed by atoms with van der Waals surface area (Å²) in [5, 5.41) is 0. The van der Waals surface area contributed by atoms with Crippen molar-refractivity contribution < 1.29 is 19.1 Å². The zero-order valence-electron chi connectivity index (χ0n) is 12.2. The van der Waals surface area contributed by atoms with Crippen LogP contribution in [-0.4, -0.2) is 38.6 Å². The molecule has 19 heavy (non-hydrogen) atoms. The number of ether oxygens (including phenoxy) is 2. The van der Waals surface area contributed by atoms with Gasteiger partial charge in [-0.25, -0.2) is 0 Å². The number of fused-ring (bicyclic) bond motifs is 3. The first-order chi connectivity index (χ1) is 8.81. The average molecular weight is 284 g/mol. The molecule has 0 radical (unpaired) electrons. The molecule has 0 saturated heterocycles. The molecule has 3 saturated carbocycles. The lowest BCUT2D eigenvalue weighted by atomic mass is 9.66. The molecule has 0 unspecified atom stereocenters. The maximum Gasteiger partial charge on any atom is 0.147 e. The molecule has 3 aliphatic carbocycles. The Labute approximate surface area is 115 Å². The lowest BCUT2D eigenvalue weighted by Gasteiger charge is -2.43. The summed E-state index contributed by atoms with van der Waals surface area (Å²) in [6, 6.07) is 1.10. The van der Waals surface area contributed by atoms with Crippen molar-refractivity contribution in [3.8, 4) is 0 Å². The summed E-state index contributed by atoms with van der Waals surface area (Å²) in [7, 11) is -1.08. The van der Waals surface area contributed by atoms with Gasteiger partial charge < -0.3 is 9.47 Å². The van der Waals surface area contributed by atoms with Crippen molar-refractivity contribution in [2.45, 2.75) is 57.0 Å². The quantitative estimate of drug-likeness (QED) is 0.325. The molecule has 108 valence electrons. The smallest absolute Gasteiger partial charge is 0.147 e. The molecule has 3 aliphatic rings. The highest BCUT2D eigenvalue weighted by atomic mass is 28.3. The minimum Gasteiger partial charge on any atom is -0.356 e. The van der Waals surface area contributed by atoms with Gasteiger partial charge in [-0.15, -0.1) is 0 Å². The van der Waals surface area contributed by atoms with Crippen LogP contribution in [0, 0.1) is 5.92 Å². The van der Waals surface area contributed by atoms with E-state index in [1.54, 1.807) is 0 Å². The first-order valence-corrected chi connectivity index (χ1v) is 10.8. The van der Waals surface area contributed by atoms with Gasteiger partial charge in [-0.1, -0.05) is 19.6 Å². The maximum absolute atomic E-state index is 11.8. The predicted molar refractivity (Wildman–Crippen MR) is 74.8 cm³/mol. The minimum atomic E-state index is -1.08. The number of hydrogen-bond acceptors (Lipinski definition) is 4. The van der Waals surface area contributed by atoms with E-state index >= 15 is 0 Å². The van der Waals surface area contributed by atoms with Crippen LogP contribution in [0.2, 0.25) is 25.7 Å². The second kappa shape index (κ2) is 5.46. The number of carbonyl (C=O) groups excluding carboxylic acids is 2. The van der Waals surface area contributed by atoms with Gasteiger partial charge in [-0.2, -0.15) is 0 Å². The third-order valence-electron chi connectivity index (χ3n) is 4.10. The number of carbonyl (C=O) groups is 2. The van der Waals surface area contributed by atoms with Gasteiger partial charge in [-0.05, 0) is 18.9 Å². The predicted octanol–water partition coefficient (Wildman–Crippen LogP) is 2.40. The molecule has 0 aromatic heterocycles. The fraction of sp³-hybridized carbons (Fsp3) is 0.857. The highest BCUT2D eigenvalue weighted by Crippen LogP contribution is 2.42. The lowest BCUT2D eigenvalue weighted by molar-refractivity contribution is -0.183. The Hall–Kier alpha value is -0.523. The zero-order chi connectivity index (χ0) is 14.1. The van der Waals surface area contributed by atoms with Crippen molar-refractivity contribution in [3.63, 3.8) is 0 Å². The van der Waals surface area contributed by atoms with E-state index in [-0.39, 0.29) is 24.3 Å². The molecule has 3 fully saturated rings. The molecule has 4 nitrogen and oxygen atoms in total. The zero-order valence-corrected chi connectivity index (χ0v) is 13.2. The normalized spacial score (nSPS) is 31.0. The van der Waals surface area contributed by atoms with Crippen molar-refractivity contribution in [1.82, 2.24) is 0 Å². The van der Waals surface area contributed by atoms with Crippen LogP contribution >= 0.6 is 0 Å². The summed E-state index contributed by atoms with van der Waals surface area (Å²) in [6.07, 6.45) is 2.25. The summed E-state index contributed by atoms with van der Waals surface area (Å²) in [5.74, 6) is -0.215. The summed E-state index contributed by atoms with van der Waals surface area (Å²) in [4.78, 5) is 23.5. The Balaban J connectivity index is 1.76. The molecule has 0 atom stereocenters. The summed E-state index contributed by atoms with van der Waals surface area (Å²) < 4.78 is 11.3. The standard InChI is InChI=1S/C14H24O4Si/c1-19(2,3)7-6-17-10-18-14-5-4-11(12(15)8-14)13(16)9-14/h11H,4-10H2,1-3H3. The average Bonchev–Trinajstić information content (AvgIpc) is 2.26. The van der Waals surface area contributed by atoms with Crippen molar-refractivity contribution in [3.05, 3.63) is 0 Å². The molecule has 2 bridgehead atoms. The van der Waals surface area contributed by atoms with Crippen LogP contribution < -0.4 is 0 Å². The SMILES string of the molecule is C[Si](C)(C)CCOCOC12CCC(C(=O)C1)C(=O)C2. The molecular weight excluding hydrogens is 260 g/mol. The van der Waals surface area contributed by atoms with Crippen molar-refractivity contribution in [1.29, 1.82) is 0 Å². The molecule has 0 aliphatic heterocycles. The van der Waals surface area contributed by atoms with Gasteiger partial charge in [-0.3, -0.25) is 9.59 Å². The highest BCUT2D eigenvalue weighted by Gasteiger charge is 2.50. The molecule has 5 heteroatoms. The van der Waals surface area contributed by atoms with Gasteiger partial charge in [0, 0.05) is 27.5 Å². The Morgan fingerprint density at radius 2 is 1.84 bits per heavy atom. The second-order valence-corrected chi connectivity index (χ2v) is 12.7. The van der Waals surface area contributed by atoms with Crippen molar-refractivity contribution in [2.24, 2.45) is 5.92 Å². The van der Waals surface area contributed by atoms with E-state index in [1.807, 2.05) is 0 Å². The van der Waals surface area contributed by atoms with E-state index in [1.165, 1.54) is 0 Å².